The van der Waals surface area contributed by atoms with Gasteiger partial charge in [-0.25, -0.2) is 0 Å². The number of fused-ring (bicyclic) bond motifs is 1. The summed E-state index contributed by atoms with van der Waals surface area (Å²) in [5.41, 5.74) is 0. The molecule has 0 bridgehead atoms. The highest BCUT2D eigenvalue weighted by molar-refractivity contribution is 7.12. The maximum atomic E-state index is 11.9. The van der Waals surface area contributed by atoms with Crippen LogP contribution in [-0.2, 0) is 4.79 Å². The van der Waals surface area contributed by atoms with Crippen LogP contribution in [0.4, 0.5) is 0 Å². The Morgan fingerprint density at radius 3 is 2.76 bits per heavy atom. The first-order valence-corrected chi connectivity index (χ1v) is 6.46. The summed E-state index contributed by atoms with van der Waals surface area (Å²) in [5, 5.41) is 9.90. The molecular formula is C13H14O3S. The lowest BCUT2D eigenvalue weighted by atomic mass is 10.0. The van der Waals surface area contributed by atoms with E-state index >= 15 is 0 Å². The van der Waals surface area contributed by atoms with Crippen molar-refractivity contribution in [1.29, 1.82) is 0 Å². The second kappa shape index (κ2) is 4.84. The standard InChI is InChI=1S/C13H14O3S/c1-8(13(15)16)6-10(14)12-7-9-4-2-3-5-11(9)17-12/h4-5,7-8H,2-3,6H2,1H3,(H,15,16)/t8-/m0/s1. The lowest BCUT2D eigenvalue weighted by Crippen LogP contribution is -2.19. The molecule has 3 nitrogen and oxygen atoms in total. The van der Waals surface area contributed by atoms with E-state index in [1.807, 2.05) is 6.07 Å². The molecule has 1 N–H and O–H groups in total. The molecule has 0 radical (unpaired) electrons. The molecule has 90 valence electrons. The van der Waals surface area contributed by atoms with Crippen molar-refractivity contribution in [2.45, 2.75) is 26.2 Å². The molecule has 0 aromatic carbocycles. The Balaban J connectivity index is 2.21. The van der Waals surface area contributed by atoms with Gasteiger partial charge in [-0.3, -0.25) is 9.59 Å². The predicted molar refractivity (Wildman–Crippen MR) is 67.5 cm³/mol. The van der Waals surface area contributed by atoms with Crippen LogP contribution in [0.2, 0.25) is 0 Å². The maximum Gasteiger partial charge on any atom is 0.306 e. The molecule has 1 aromatic heterocycles. The van der Waals surface area contributed by atoms with E-state index in [1.165, 1.54) is 11.3 Å². The van der Waals surface area contributed by atoms with Gasteiger partial charge in [-0.05, 0) is 24.1 Å². The van der Waals surface area contributed by atoms with E-state index < -0.39 is 11.9 Å². The number of carbonyl (C=O) groups excluding carboxylic acids is 1. The molecule has 17 heavy (non-hydrogen) atoms. The van der Waals surface area contributed by atoms with Crippen LogP contribution in [0.15, 0.2) is 6.07 Å². The van der Waals surface area contributed by atoms with E-state index in [1.54, 1.807) is 6.92 Å². The third-order valence-electron chi connectivity index (χ3n) is 2.84. The summed E-state index contributed by atoms with van der Waals surface area (Å²) in [6.45, 7) is 1.56. The van der Waals surface area contributed by atoms with Crippen LogP contribution in [0.3, 0.4) is 0 Å². The number of Topliss-reactive ketones (excluding diaryl/α,β-unsaturated/α-hetero) is 1. The van der Waals surface area contributed by atoms with Gasteiger partial charge in [0.15, 0.2) is 5.78 Å². The monoisotopic (exact) mass is 250 g/mol. The smallest absolute Gasteiger partial charge is 0.306 e. The van der Waals surface area contributed by atoms with Crippen molar-refractivity contribution in [2.24, 2.45) is 5.92 Å². The second-order valence-corrected chi connectivity index (χ2v) is 5.37. The summed E-state index contributed by atoms with van der Waals surface area (Å²) >= 11 is 1.47. The largest absolute Gasteiger partial charge is 0.481 e. The first-order valence-electron chi connectivity index (χ1n) is 5.64. The highest BCUT2D eigenvalue weighted by atomic mass is 32.1. The van der Waals surface area contributed by atoms with Crippen LogP contribution in [0.1, 0.15) is 35.9 Å². The van der Waals surface area contributed by atoms with E-state index in [2.05, 4.69) is 12.2 Å². The molecule has 0 amide bonds. The Labute approximate surface area is 103 Å². The van der Waals surface area contributed by atoms with Crippen LogP contribution in [0.5, 0.6) is 0 Å². The number of thiophene rings is 1. The fourth-order valence-electron chi connectivity index (χ4n) is 1.79. The topological polar surface area (TPSA) is 54.4 Å². The van der Waals surface area contributed by atoms with Gasteiger partial charge < -0.3 is 5.11 Å². The van der Waals surface area contributed by atoms with Gasteiger partial charge in [0.1, 0.15) is 0 Å². The molecule has 1 heterocycles. The molecule has 1 atom stereocenters. The Bertz CT molecular complexity index is 534. The molecule has 1 aliphatic rings. The molecule has 1 aromatic rings. The quantitative estimate of drug-likeness (QED) is 0.822. The third-order valence-corrected chi connectivity index (χ3v) is 4.03. The average molecular weight is 250 g/mol. The zero-order chi connectivity index (χ0) is 12.4. The lowest BCUT2D eigenvalue weighted by molar-refractivity contribution is -0.141. The minimum atomic E-state index is -0.919. The molecular weight excluding hydrogens is 236 g/mol. The number of ketones is 1. The Morgan fingerprint density at radius 2 is 2.12 bits per heavy atom. The van der Waals surface area contributed by atoms with Gasteiger partial charge in [-0.2, -0.15) is 0 Å². The van der Waals surface area contributed by atoms with Crippen molar-refractivity contribution in [3.05, 3.63) is 20.7 Å². The van der Waals surface area contributed by atoms with Gasteiger partial charge in [0.2, 0.25) is 0 Å². The SMILES string of the molecule is C[C@@H](CC(=O)c1cc2c(s1)=CCCC=2)C(=O)O. The van der Waals surface area contributed by atoms with E-state index in [4.69, 9.17) is 5.11 Å². The van der Waals surface area contributed by atoms with Gasteiger partial charge >= 0.3 is 5.97 Å². The van der Waals surface area contributed by atoms with E-state index in [-0.39, 0.29) is 12.2 Å². The summed E-state index contributed by atoms with van der Waals surface area (Å²) in [4.78, 5) is 23.3. The van der Waals surface area contributed by atoms with Gasteiger partial charge in [-0.1, -0.05) is 19.1 Å². The van der Waals surface area contributed by atoms with E-state index in [0.717, 1.165) is 22.6 Å². The minimum absolute atomic E-state index is 0.0684. The highest BCUT2D eigenvalue weighted by Gasteiger charge is 2.18. The summed E-state index contributed by atoms with van der Waals surface area (Å²) in [6, 6.07) is 1.88. The van der Waals surface area contributed by atoms with Crippen molar-refractivity contribution in [3.8, 4) is 0 Å². The number of rotatable bonds is 4. The summed E-state index contributed by atoms with van der Waals surface area (Å²) in [6.07, 6.45) is 6.38. The molecule has 0 unspecified atom stereocenters. The Morgan fingerprint density at radius 1 is 1.41 bits per heavy atom. The van der Waals surface area contributed by atoms with E-state index in [9.17, 15) is 9.59 Å². The number of carbonyl (C=O) groups is 2. The molecule has 1 aliphatic carbocycles. The first-order chi connectivity index (χ1) is 8.08. The third kappa shape index (κ3) is 2.64. The van der Waals surface area contributed by atoms with Crippen molar-refractivity contribution in [3.63, 3.8) is 0 Å². The second-order valence-electron chi connectivity index (χ2n) is 4.28. The fraction of sp³-hybridized carbons (Fsp3) is 0.385. The van der Waals surface area contributed by atoms with Crippen LogP contribution in [-0.4, -0.2) is 16.9 Å². The number of hydrogen-bond donors (Lipinski definition) is 1. The molecule has 0 saturated carbocycles. The molecule has 0 spiro atoms. The summed E-state index contributed by atoms with van der Waals surface area (Å²) in [7, 11) is 0. The normalized spacial score (nSPS) is 15.4. The average Bonchev–Trinajstić information content (AvgIpc) is 2.72. The summed E-state index contributed by atoms with van der Waals surface area (Å²) in [5.74, 6) is -1.60. The Hall–Kier alpha value is -1.42. The number of carboxylic acids is 1. The molecule has 4 heteroatoms. The van der Waals surface area contributed by atoms with Gasteiger partial charge in [0.25, 0.3) is 0 Å². The fourth-order valence-corrected chi connectivity index (χ4v) is 2.88. The summed E-state index contributed by atoms with van der Waals surface area (Å²) < 4.78 is 1.14. The molecule has 0 aliphatic heterocycles. The van der Waals surface area contributed by atoms with Crippen LogP contribution in [0.25, 0.3) is 12.2 Å². The first kappa shape index (κ1) is 12.0. The van der Waals surface area contributed by atoms with Crippen LogP contribution < -0.4 is 9.75 Å². The maximum absolute atomic E-state index is 11.9. The zero-order valence-electron chi connectivity index (χ0n) is 9.60. The van der Waals surface area contributed by atoms with Gasteiger partial charge in [0, 0.05) is 11.0 Å². The Kier molecular flexibility index (Phi) is 3.43. The van der Waals surface area contributed by atoms with Gasteiger partial charge in [0.05, 0.1) is 10.8 Å². The zero-order valence-corrected chi connectivity index (χ0v) is 10.4. The molecule has 2 rings (SSSR count). The number of carboxylic acid groups (broad SMARTS) is 1. The van der Waals surface area contributed by atoms with Crippen LogP contribution >= 0.6 is 11.3 Å². The highest BCUT2D eigenvalue weighted by Crippen LogP contribution is 2.12. The van der Waals surface area contributed by atoms with Gasteiger partial charge in [-0.15, -0.1) is 11.3 Å². The van der Waals surface area contributed by atoms with E-state index in [0.29, 0.717) is 4.88 Å². The molecule has 0 saturated heterocycles. The van der Waals surface area contributed by atoms with Crippen molar-refractivity contribution in [1.82, 2.24) is 0 Å². The predicted octanol–water partition coefficient (Wildman–Crippen LogP) is 1.40. The van der Waals surface area contributed by atoms with Crippen molar-refractivity contribution < 1.29 is 14.7 Å². The minimum Gasteiger partial charge on any atom is -0.481 e. The molecule has 0 fully saturated rings. The van der Waals surface area contributed by atoms with Crippen molar-refractivity contribution >= 4 is 35.2 Å². The number of aliphatic carboxylic acids is 1. The number of hydrogen-bond acceptors (Lipinski definition) is 3. The lowest BCUT2D eigenvalue weighted by Gasteiger charge is -2.02. The van der Waals surface area contributed by atoms with Crippen LogP contribution in [0, 0.1) is 5.92 Å². The van der Waals surface area contributed by atoms with Crippen molar-refractivity contribution in [2.75, 3.05) is 0 Å².